The maximum absolute atomic E-state index is 11.2. The van der Waals surface area contributed by atoms with Crippen molar-refractivity contribution in [2.75, 3.05) is 14.2 Å². The Morgan fingerprint density at radius 1 is 1.30 bits per heavy atom. The molecular formula is C7H15O3. The first-order chi connectivity index (χ1) is 4.68. The summed E-state index contributed by atoms with van der Waals surface area (Å²) in [6.45, 7) is 2.02. The second kappa shape index (κ2) is 4.66. The van der Waals surface area contributed by atoms with E-state index in [0.717, 1.165) is 12.8 Å². The van der Waals surface area contributed by atoms with Gasteiger partial charge in [-0.2, -0.15) is 5.11 Å². The van der Waals surface area contributed by atoms with Crippen LogP contribution >= 0.6 is 0 Å². The number of unbranched alkanes of at least 4 members (excludes halogenated alkanes) is 1. The minimum absolute atomic E-state index is 0.413. The molecule has 0 fully saturated rings. The van der Waals surface area contributed by atoms with E-state index in [1.165, 1.54) is 14.2 Å². The average molecular weight is 147 g/mol. The Hall–Kier alpha value is -0.120. The molecule has 0 bridgehead atoms. The van der Waals surface area contributed by atoms with Crippen molar-refractivity contribution < 1.29 is 14.6 Å². The van der Waals surface area contributed by atoms with Crippen molar-refractivity contribution in [1.29, 1.82) is 0 Å². The lowest BCUT2D eigenvalue weighted by molar-refractivity contribution is -0.372. The van der Waals surface area contributed by atoms with Crippen LogP contribution in [0.3, 0.4) is 0 Å². The zero-order valence-corrected chi connectivity index (χ0v) is 6.85. The molecule has 10 heavy (non-hydrogen) atoms. The van der Waals surface area contributed by atoms with E-state index in [4.69, 9.17) is 0 Å². The molecule has 61 valence electrons. The summed E-state index contributed by atoms with van der Waals surface area (Å²) < 4.78 is 9.22. The van der Waals surface area contributed by atoms with Crippen LogP contribution in [0.2, 0.25) is 0 Å². The van der Waals surface area contributed by atoms with Crippen LogP contribution in [0.5, 0.6) is 0 Å². The van der Waals surface area contributed by atoms with Crippen LogP contribution in [0.15, 0.2) is 0 Å². The summed E-state index contributed by atoms with van der Waals surface area (Å²) in [7, 11) is 2.73. The molecule has 0 aliphatic rings. The predicted molar refractivity (Wildman–Crippen MR) is 37.0 cm³/mol. The molecule has 0 atom stereocenters. The van der Waals surface area contributed by atoms with Crippen LogP contribution in [-0.2, 0) is 14.6 Å². The van der Waals surface area contributed by atoms with E-state index in [1.807, 2.05) is 6.92 Å². The van der Waals surface area contributed by atoms with Crippen molar-refractivity contribution in [3.63, 3.8) is 0 Å². The summed E-state index contributed by atoms with van der Waals surface area (Å²) in [5.41, 5.74) is 0. The third-order valence-corrected chi connectivity index (χ3v) is 1.46. The van der Waals surface area contributed by atoms with Crippen LogP contribution in [0, 0.1) is 0 Å². The first kappa shape index (κ1) is 9.88. The van der Waals surface area contributed by atoms with Gasteiger partial charge in [-0.15, -0.1) is 0 Å². The van der Waals surface area contributed by atoms with Gasteiger partial charge >= 0.3 is 5.97 Å². The second-order valence-electron chi connectivity index (χ2n) is 2.19. The van der Waals surface area contributed by atoms with E-state index in [1.54, 1.807) is 0 Å². The van der Waals surface area contributed by atoms with Gasteiger partial charge in [0, 0.05) is 20.6 Å². The average Bonchev–Trinajstić information content (AvgIpc) is 2.00. The molecule has 0 aromatic carbocycles. The standard InChI is InChI=1S/C7H15O3/c1-4-5-6-7(8,9-2)10-3/h4-6H2,1-3H3. The zero-order valence-electron chi connectivity index (χ0n) is 6.85. The van der Waals surface area contributed by atoms with E-state index >= 15 is 0 Å². The van der Waals surface area contributed by atoms with Gasteiger partial charge in [0.1, 0.15) is 0 Å². The summed E-state index contributed by atoms with van der Waals surface area (Å²) in [6, 6.07) is 0. The van der Waals surface area contributed by atoms with Crippen molar-refractivity contribution in [2.24, 2.45) is 0 Å². The molecule has 0 aliphatic carbocycles. The molecule has 0 saturated heterocycles. The van der Waals surface area contributed by atoms with Gasteiger partial charge in [0.25, 0.3) is 0 Å². The minimum Gasteiger partial charge on any atom is -0.329 e. The number of ether oxygens (including phenoxy) is 2. The van der Waals surface area contributed by atoms with E-state index in [9.17, 15) is 5.11 Å². The van der Waals surface area contributed by atoms with Gasteiger partial charge in [-0.3, -0.25) is 0 Å². The molecule has 0 N–H and O–H groups in total. The van der Waals surface area contributed by atoms with Crippen molar-refractivity contribution in [1.82, 2.24) is 0 Å². The lowest BCUT2D eigenvalue weighted by Gasteiger charge is -2.20. The fourth-order valence-corrected chi connectivity index (χ4v) is 0.681. The van der Waals surface area contributed by atoms with Gasteiger partial charge in [-0.25, -0.2) is 0 Å². The number of hydrogen-bond donors (Lipinski definition) is 0. The highest BCUT2D eigenvalue weighted by atomic mass is 16.8. The van der Waals surface area contributed by atoms with Crippen molar-refractivity contribution >= 4 is 0 Å². The summed E-state index contributed by atoms with van der Waals surface area (Å²) in [5.74, 6) is -1.62. The van der Waals surface area contributed by atoms with Gasteiger partial charge in [-0.1, -0.05) is 13.3 Å². The van der Waals surface area contributed by atoms with Crippen LogP contribution < -0.4 is 0 Å². The summed E-state index contributed by atoms with van der Waals surface area (Å²) in [5, 5.41) is 11.2. The van der Waals surface area contributed by atoms with Crippen LogP contribution in [-0.4, -0.2) is 20.2 Å². The van der Waals surface area contributed by atoms with E-state index < -0.39 is 5.97 Å². The number of hydrogen-bond acceptors (Lipinski definition) is 2. The summed E-state index contributed by atoms with van der Waals surface area (Å²) in [4.78, 5) is 0. The first-order valence-electron chi connectivity index (χ1n) is 3.49. The Morgan fingerprint density at radius 3 is 2.10 bits per heavy atom. The highest BCUT2D eigenvalue weighted by Crippen LogP contribution is 2.15. The molecular weight excluding hydrogens is 132 g/mol. The van der Waals surface area contributed by atoms with Crippen molar-refractivity contribution in [3.05, 3.63) is 0 Å². The zero-order chi connectivity index (χ0) is 8.04. The fourth-order valence-electron chi connectivity index (χ4n) is 0.681. The molecule has 1 radical (unpaired) electrons. The molecule has 0 rings (SSSR count). The van der Waals surface area contributed by atoms with Crippen LogP contribution in [0.25, 0.3) is 0 Å². The monoisotopic (exact) mass is 147 g/mol. The van der Waals surface area contributed by atoms with E-state index in [2.05, 4.69) is 9.47 Å². The lowest BCUT2D eigenvalue weighted by atomic mass is 10.2. The molecule has 3 heteroatoms. The fraction of sp³-hybridized carbons (Fsp3) is 1.00. The molecule has 0 aromatic heterocycles. The second-order valence-corrected chi connectivity index (χ2v) is 2.19. The molecule has 0 heterocycles. The molecule has 0 amide bonds. The maximum atomic E-state index is 11.2. The first-order valence-corrected chi connectivity index (χ1v) is 3.49. The van der Waals surface area contributed by atoms with Gasteiger partial charge < -0.3 is 9.47 Å². The minimum atomic E-state index is -1.62. The topological polar surface area (TPSA) is 38.4 Å². The summed E-state index contributed by atoms with van der Waals surface area (Å²) in [6.07, 6.45) is 2.23. The Bertz CT molecular complexity index is 78.9. The SMILES string of the molecule is CCCCC([O])(OC)OC. The molecule has 0 aliphatic heterocycles. The Morgan fingerprint density at radius 2 is 1.80 bits per heavy atom. The van der Waals surface area contributed by atoms with Gasteiger partial charge in [0.2, 0.25) is 0 Å². The third kappa shape index (κ3) is 3.15. The smallest absolute Gasteiger partial charge is 0.311 e. The largest absolute Gasteiger partial charge is 0.329 e. The summed E-state index contributed by atoms with van der Waals surface area (Å²) >= 11 is 0. The highest BCUT2D eigenvalue weighted by Gasteiger charge is 2.26. The molecule has 0 spiro atoms. The molecule has 3 nitrogen and oxygen atoms in total. The van der Waals surface area contributed by atoms with Gasteiger partial charge in [-0.05, 0) is 6.42 Å². The quantitative estimate of drug-likeness (QED) is 0.553. The number of methoxy groups -OCH3 is 2. The van der Waals surface area contributed by atoms with Crippen LogP contribution in [0.4, 0.5) is 0 Å². The Labute approximate surface area is 62.0 Å². The van der Waals surface area contributed by atoms with Gasteiger partial charge in [0.05, 0.1) is 0 Å². The lowest BCUT2D eigenvalue weighted by Crippen LogP contribution is -2.31. The Balaban J connectivity index is 3.58. The van der Waals surface area contributed by atoms with E-state index in [-0.39, 0.29) is 0 Å². The Kier molecular flexibility index (Phi) is 4.60. The highest BCUT2D eigenvalue weighted by molar-refractivity contribution is 4.50. The van der Waals surface area contributed by atoms with Crippen LogP contribution in [0.1, 0.15) is 26.2 Å². The van der Waals surface area contributed by atoms with Crippen molar-refractivity contribution in [3.8, 4) is 0 Å². The molecule has 0 aromatic rings. The maximum Gasteiger partial charge on any atom is 0.311 e. The van der Waals surface area contributed by atoms with Gasteiger partial charge in [0.15, 0.2) is 0 Å². The van der Waals surface area contributed by atoms with Crippen molar-refractivity contribution in [2.45, 2.75) is 32.2 Å². The van der Waals surface area contributed by atoms with E-state index in [0.29, 0.717) is 6.42 Å². The molecule has 0 saturated carbocycles. The molecule has 0 unspecified atom stereocenters. The number of rotatable bonds is 5. The normalized spacial score (nSPS) is 12.0. The predicted octanol–water partition coefficient (Wildman–Crippen LogP) is 1.55. The third-order valence-electron chi connectivity index (χ3n) is 1.46.